The first-order valence-electron chi connectivity index (χ1n) is 2.94. The Labute approximate surface area is 64.3 Å². The molecular formula is C7H8NO3. The highest BCUT2D eigenvalue weighted by molar-refractivity contribution is 5.99. The molecule has 0 atom stereocenters. The molecule has 0 rings (SSSR count). The Hall–Kier alpha value is -1.45. The van der Waals surface area contributed by atoms with Crippen molar-refractivity contribution in [3.05, 3.63) is 11.8 Å². The van der Waals surface area contributed by atoms with Crippen LogP contribution in [0.3, 0.4) is 0 Å². The van der Waals surface area contributed by atoms with Crippen LogP contribution in [-0.2, 0) is 14.4 Å². The van der Waals surface area contributed by atoms with Gasteiger partial charge >= 0.3 is 0 Å². The number of ketones is 1. The summed E-state index contributed by atoms with van der Waals surface area (Å²) in [5.74, 6) is -0.759. The van der Waals surface area contributed by atoms with E-state index in [0.717, 1.165) is 6.08 Å². The van der Waals surface area contributed by atoms with E-state index >= 15 is 0 Å². The first-order valence-corrected chi connectivity index (χ1v) is 2.94. The van der Waals surface area contributed by atoms with Crippen LogP contribution >= 0.6 is 0 Å². The van der Waals surface area contributed by atoms with Crippen molar-refractivity contribution in [2.24, 2.45) is 0 Å². The van der Waals surface area contributed by atoms with Gasteiger partial charge in [-0.3, -0.25) is 14.4 Å². The Morgan fingerprint density at radius 3 is 2.18 bits per heavy atom. The summed E-state index contributed by atoms with van der Waals surface area (Å²) in [6.07, 6.45) is 2.30. The van der Waals surface area contributed by atoms with Gasteiger partial charge in [0.2, 0.25) is 12.2 Å². The van der Waals surface area contributed by atoms with E-state index in [9.17, 15) is 14.4 Å². The van der Waals surface area contributed by atoms with Gasteiger partial charge in [0, 0.05) is 19.9 Å². The highest BCUT2D eigenvalue weighted by Crippen LogP contribution is 1.88. The number of rotatable bonds is 3. The predicted octanol–water partition coefficient (Wildman–Crippen LogP) is -0.295. The first kappa shape index (κ1) is 9.55. The van der Waals surface area contributed by atoms with Crippen LogP contribution < -0.4 is 5.32 Å². The number of amides is 1. The molecule has 0 aliphatic heterocycles. The van der Waals surface area contributed by atoms with Crippen LogP contribution in [0.5, 0.6) is 0 Å². The van der Waals surface area contributed by atoms with Gasteiger partial charge in [-0.1, -0.05) is 0 Å². The second kappa shape index (κ2) is 4.38. The highest BCUT2D eigenvalue weighted by Gasteiger charge is 2.03. The molecule has 0 aromatic carbocycles. The number of nitrogens with one attached hydrogen (secondary N) is 1. The van der Waals surface area contributed by atoms with Crippen LogP contribution in [0.25, 0.3) is 0 Å². The number of carbonyl (C=O) groups is 2. The molecule has 0 unspecified atom stereocenters. The summed E-state index contributed by atoms with van der Waals surface area (Å²) < 4.78 is 0. The maximum atomic E-state index is 10.6. The molecular weight excluding hydrogens is 146 g/mol. The van der Waals surface area contributed by atoms with Gasteiger partial charge in [-0.25, -0.2) is 0 Å². The number of hydrogen-bond acceptors (Lipinski definition) is 3. The van der Waals surface area contributed by atoms with E-state index in [1.807, 2.05) is 0 Å². The zero-order chi connectivity index (χ0) is 8.85. The number of hydrogen-bond donors (Lipinski definition) is 1. The number of carbonyl (C=O) groups excluding carboxylic acids is 3. The van der Waals surface area contributed by atoms with E-state index in [1.165, 1.54) is 20.1 Å². The molecule has 0 heterocycles. The molecule has 1 N–H and O–H groups in total. The van der Waals surface area contributed by atoms with Crippen LogP contribution in [0.2, 0.25) is 0 Å². The fraction of sp³-hybridized carbons (Fsp3) is 0.286. The third-order valence-corrected chi connectivity index (χ3v) is 0.893. The van der Waals surface area contributed by atoms with E-state index in [4.69, 9.17) is 0 Å². The minimum Gasteiger partial charge on any atom is -0.323 e. The monoisotopic (exact) mass is 154 g/mol. The number of allylic oxidation sites excluding steroid dienone is 2. The Kier molecular flexibility index (Phi) is 3.80. The topological polar surface area (TPSA) is 63.2 Å². The summed E-state index contributed by atoms with van der Waals surface area (Å²) in [7, 11) is 0. The Morgan fingerprint density at radius 1 is 1.36 bits per heavy atom. The van der Waals surface area contributed by atoms with Crippen LogP contribution in [0, 0.1) is 0 Å². The minimum absolute atomic E-state index is 0.0347. The third kappa shape index (κ3) is 4.02. The summed E-state index contributed by atoms with van der Waals surface area (Å²) in [5, 5.41) is 2.19. The quantitative estimate of drug-likeness (QED) is 0.568. The smallest absolute Gasteiger partial charge is 0.227 e. The molecule has 11 heavy (non-hydrogen) atoms. The lowest BCUT2D eigenvalue weighted by molar-refractivity contribution is -0.121. The molecule has 0 saturated carbocycles. The molecule has 0 bridgehead atoms. The summed E-state index contributed by atoms with van der Waals surface area (Å²) in [6, 6.07) is 0. The van der Waals surface area contributed by atoms with Crippen LogP contribution in [0.1, 0.15) is 13.8 Å². The van der Waals surface area contributed by atoms with Crippen LogP contribution in [0.4, 0.5) is 0 Å². The molecule has 0 spiro atoms. The Bertz CT molecular complexity index is 218. The molecule has 0 fully saturated rings. The lowest BCUT2D eigenvalue weighted by atomic mass is 10.3. The van der Waals surface area contributed by atoms with Gasteiger partial charge in [-0.15, -0.1) is 0 Å². The molecule has 0 aliphatic rings. The lowest BCUT2D eigenvalue weighted by Crippen LogP contribution is -2.23. The molecule has 59 valence electrons. The Balaban J connectivity index is 4.35. The van der Waals surface area contributed by atoms with Gasteiger partial charge < -0.3 is 5.32 Å². The summed E-state index contributed by atoms with van der Waals surface area (Å²) in [4.78, 5) is 30.8. The fourth-order valence-corrected chi connectivity index (χ4v) is 0.474. The third-order valence-electron chi connectivity index (χ3n) is 0.893. The standard InChI is InChI=1S/C7H8NO3/c1-5(10)7(3-4-9)8-6(2)11/h3H,1-2H3,(H,8,11). The molecule has 4 heteroatoms. The first-order chi connectivity index (χ1) is 5.07. The lowest BCUT2D eigenvalue weighted by Gasteiger charge is -2.00. The Morgan fingerprint density at radius 2 is 1.91 bits per heavy atom. The maximum absolute atomic E-state index is 10.6. The van der Waals surface area contributed by atoms with Gasteiger partial charge in [0.1, 0.15) is 0 Å². The average Bonchev–Trinajstić information content (AvgIpc) is 1.86. The normalized spacial score (nSPS) is 10.5. The second-order valence-corrected chi connectivity index (χ2v) is 1.91. The van der Waals surface area contributed by atoms with Crippen molar-refractivity contribution in [2.75, 3.05) is 0 Å². The minimum atomic E-state index is -0.387. The molecule has 0 aromatic rings. The van der Waals surface area contributed by atoms with Gasteiger partial charge in [-0.2, -0.15) is 0 Å². The van der Waals surface area contributed by atoms with E-state index in [1.54, 1.807) is 0 Å². The average molecular weight is 154 g/mol. The molecule has 0 saturated heterocycles. The second-order valence-electron chi connectivity index (χ2n) is 1.91. The SMILES string of the molecule is CC(=O)NC(=C[C]=O)C(C)=O. The fourth-order valence-electron chi connectivity index (χ4n) is 0.474. The van der Waals surface area contributed by atoms with Crippen molar-refractivity contribution in [3.63, 3.8) is 0 Å². The summed E-state index contributed by atoms with van der Waals surface area (Å²) >= 11 is 0. The predicted molar refractivity (Wildman–Crippen MR) is 38.3 cm³/mol. The van der Waals surface area contributed by atoms with E-state index in [2.05, 4.69) is 5.32 Å². The van der Waals surface area contributed by atoms with Crippen LogP contribution in [-0.4, -0.2) is 18.0 Å². The van der Waals surface area contributed by atoms with E-state index < -0.39 is 0 Å². The van der Waals surface area contributed by atoms with E-state index in [-0.39, 0.29) is 17.4 Å². The summed E-state index contributed by atoms with van der Waals surface area (Å²) in [5.41, 5.74) is -0.0347. The largest absolute Gasteiger partial charge is 0.323 e. The summed E-state index contributed by atoms with van der Waals surface area (Å²) in [6.45, 7) is 2.50. The number of Topliss-reactive ketones (excluding diaryl/α,β-unsaturated/α-hetero) is 1. The van der Waals surface area contributed by atoms with Crippen molar-refractivity contribution in [1.29, 1.82) is 0 Å². The van der Waals surface area contributed by atoms with Crippen molar-refractivity contribution in [1.82, 2.24) is 5.32 Å². The van der Waals surface area contributed by atoms with Crippen molar-refractivity contribution >= 4 is 18.0 Å². The van der Waals surface area contributed by atoms with Crippen molar-refractivity contribution < 1.29 is 14.4 Å². The van der Waals surface area contributed by atoms with Gasteiger partial charge in [0.25, 0.3) is 0 Å². The molecule has 4 nitrogen and oxygen atoms in total. The zero-order valence-corrected chi connectivity index (χ0v) is 6.30. The maximum Gasteiger partial charge on any atom is 0.227 e. The molecule has 0 aliphatic carbocycles. The van der Waals surface area contributed by atoms with Gasteiger partial charge in [0.15, 0.2) is 5.78 Å². The highest BCUT2D eigenvalue weighted by atomic mass is 16.2. The zero-order valence-electron chi connectivity index (χ0n) is 6.30. The van der Waals surface area contributed by atoms with E-state index in [0.29, 0.717) is 0 Å². The van der Waals surface area contributed by atoms with Crippen molar-refractivity contribution in [2.45, 2.75) is 13.8 Å². The van der Waals surface area contributed by atoms with Gasteiger partial charge in [-0.05, 0) is 0 Å². The molecule has 1 amide bonds. The molecule has 0 aromatic heterocycles. The van der Waals surface area contributed by atoms with Crippen molar-refractivity contribution in [3.8, 4) is 0 Å². The molecule has 1 radical (unpaired) electrons. The van der Waals surface area contributed by atoms with Gasteiger partial charge in [0.05, 0.1) is 5.70 Å². The van der Waals surface area contributed by atoms with Crippen LogP contribution in [0.15, 0.2) is 11.8 Å².